The molecular weight excluding hydrogens is 228 g/mol. The zero-order chi connectivity index (χ0) is 13.3. The van der Waals surface area contributed by atoms with Crippen LogP contribution < -0.4 is 10.9 Å². The van der Waals surface area contributed by atoms with Crippen molar-refractivity contribution in [3.05, 3.63) is 34.2 Å². The Labute approximate surface area is 107 Å². The van der Waals surface area contributed by atoms with Crippen molar-refractivity contribution in [3.8, 4) is 0 Å². The molecule has 0 aliphatic heterocycles. The fourth-order valence-electron chi connectivity index (χ4n) is 2.53. The molecule has 1 N–H and O–H groups in total. The summed E-state index contributed by atoms with van der Waals surface area (Å²) in [5.41, 5.74) is 0.434. The predicted molar refractivity (Wildman–Crippen MR) is 70.6 cm³/mol. The summed E-state index contributed by atoms with van der Waals surface area (Å²) >= 11 is 0. The molecule has 98 valence electrons. The summed E-state index contributed by atoms with van der Waals surface area (Å²) in [5, 5.41) is 3.05. The molecule has 0 radical (unpaired) electrons. The van der Waals surface area contributed by atoms with Crippen molar-refractivity contribution in [1.29, 1.82) is 0 Å². The number of nitrogens with one attached hydrogen (secondary N) is 1. The molecule has 1 fully saturated rings. The second-order valence-corrected chi connectivity index (χ2v) is 5.77. The lowest BCUT2D eigenvalue weighted by Gasteiger charge is -2.27. The van der Waals surface area contributed by atoms with E-state index in [1.807, 2.05) is 0 Å². The number of aromatic nitrogens is 1. The average molecular weight is 248 g/mol. The number of rotatable bonds is 2. The third-order valence-corrected chi connectivity index (χ3v) is 3.93. The fraction of sp³-hybridized carbons (Fsp3) is 0.571. The second-order valence-electron chi connectivity index (χ2n) is 5.77. The summed E-state index contributed by atoms with van der Waals surface area (Å²) in [6.07, 6.45) is 4.92. The molecular formula is C14H20N2O2. The smallest absolute Gasteiger partial charge is 0.251 e. The first-order valence-electron chi connectivity index (χ1n) is 6.38. The molecule has 1 aromatic heterocycles. The van der Waals surface area contributed by atoms with Crippen molar-refractivity contribution in [1.82, 2.24) is 9.88 Å². The Bertz CT molecular complexity index is 517. The van der Waals surface area contributed by atoms with Crippen molar-refractivity contribution in [3.63, 3.8) is 0 Å². The first-order valence-corrected chi connectivity index (χ1v) is 6.38. The molecule has 18 heavy (non-hydrogen) atoms. The number of pyridine rings is 1. The highest BCUT2D eigenvalue weighted by Crippen LogP contribution is 2.37. The summed E-state index contributed by atoms with van der Waals surface area (Å²) in [6.45, 7) is 4.35. The van der Waals surface area contributed by atoms with E-state index >= 15 is 0 Å². The van der Waals surface area contributed by atoms with E-state index in [1.165, 1.54) is 10.6 Å². The summed E-state index contributed by atoms with van der Waals surface area (Å²) in [5.74, 6) is -0.146. The van der Waals surface area contributed by atoms with Crippen LogP contribution in [0.5, 0.6) is 0 Å². The molecule has 1 amide bonds. The molecule has 1 saturated carbocycles. The SMILES string of the molecule is Cn1ccc(C(=O)NC2CCCC2(C)C)cc1=O. The van der Waals surface area contributed by atoms with Crippen molar-refractivity contribution >= 4 is 5.91 Å². The van der Waals surface area contributed by atoms with Crippen LogP contribution in [0.3, 0.4) is 0 Å². The Morgan fingerprint density at radius 3 is 2.78 bits per heavy atom. The number of hydrogen-bond acceptors (Lipinski definition) is 2. The lowest BCUT2D eigenvalue weighted by Crippen LogP contribution is -2.41. The predicted octanol–water partition coefficient (Wildman–Crippen LogP) is 1.69. The van der Waals surface area contributed by atoms with Gasteiger partial charge in [0.1, 0.15) is 0 Å². The summed E-state index contributed by atoms with van der Waals surface area (Å²) in [7, 11) is 1.67. The molecule has 1 unspecified atom stereocenters. The van der Waals surface area contributed by atoms with Crippen molar-refractivity contribution < 1.29 is 4.79 Å². The Morgan fingerprint density at radius 1 is 1.50 bits per heavy atom. The molecule has 1 aliphatic carbocycles. The third kappa shape index (κ3) is 2.47. The van der Waals surface area contributed by atoms with Gasteiger partial charge >= 0.3 is 0 Å². The van der Waals surface area contributed by atoms with Gasteiger partial charge in [-0.05, 0) is 24.3 Å². The van der Waals surface area contributed by atoms with Gasteiger partial charge in [-0.25, -0.2) is 0 Å². The standard InChI is InChI=1S/C14H20N2O2/c1-14(2)7-4-5-11(14)15-13(18)10-6-8-16(3)12(17)9-10/h6,8-9,11H,4-5,7H2,1-3H3,(H,15,18). The Hall–Kier alpha value is -1.58. The number of amides is 1. The van der Waals surface area contributed by atoms with Crippen molar-refractivity contribution in [2.24, 2.45) is 12.5 Å². The number of carbonyl (C=O) groups excluding carboxylic acids is 1. The topological polar surface area (TPSA) is 51.1 Å². The molecule has 1 aliphatic rings. The van der Waals surface area contributed by atoms with Crippen LogP contribution in [0.25, 0.3) is 0 Å². The van der Waals surface area contributed by atoms with Gasteiger partial charge in [-0.15, -0.1) is 0 Å². The van der Waals surface area contributed by atoms with Crippen LogP contribution in [0.2, 0.25) is 0 Å². The second kappa shape index (κ2) is 4.59. The van der Waals surface area contributed by atoms with Gasteiger partial charge in [-0.1, -0.05) is 20.3 Å². The third-order valence-electron chi connectivity index (χ3n) is 3.93. The number of carbonyl (C=O) groups is 1. The van der Waals surface area contributed by atoms with E-state index < -0.39 is 0 Å². The van der Waals surface area contributed by atoms with Crippen LogP contribution in [0, 0.1) is 5.41 Å². The van der Waals surface area contributed by atoms with Gasteiger partial charge in [0, 0.05) is 30.9 Å². The molecule has 1 atom stereocenters. The maximum Gasteiger partial charge on any atom is 0.251 e. The van der Waals surface area contributed by atoms with E-state index in [1.54, 1.807) is 19.3 Å². The largest absolute Gasteiger partial charge is 0.349 e. The monoisotopic (exact) mass is 248 g/mol. The van der Waals surface area contributed by atoms with Gasteiger partial charge < -0.3 is 9.88 Å². The molecule has 0 bridgehead atoms. The van der Waals surface area contributed by atoms with Crippen molar-refractivity contribution in [2.45, 2.75) is 39.2 Å². The van der Waals surface area contributed by atoms with Gasteiger partial charge in [0.15, 0.2) is 0 Å². The normalized spacial score (nSPS) is 21.8. The van der Waals surface area contributed by atoms with Gasteiger partial charge in [-0.3, -0.25) is 9.59 Å². The van der Waals surface area contributed by atoms with Crippen LogP contribution in [-0.4, -0.2) is 16.5 Å². The Morgan fingerprint density at radius 2 is 2.22 bits per heavy atom. The molecule has 0 spiro atoms. The van der Waals surface area contributed by atoms with Crippen LogP contribution in [0.15, 0.2) is 23.1 Å². The number of aryl methyl sites for hydroxylation is 1. The quantitative estimate of drug-likeness (QED) is 0.866. The average Bonchev–Trinajstić information content (AvgIpc) is 2.62. The van der Waals surface area contributed by atoms with E-state index in [2.05, 4.69) is 19.2 Å². The number of hydrogen-bond donors (Lipinski definition) is 1. The van der Waals surface area contributed by atoms with E-state index in [-0.39, 0.29) is 22.9 Å². The molecule has 1 heterocycles. The minimum absolute atomic E-state index is 0.146. The van der Waals surface area contributed by atoms with Crippen LogP contribution in [0.4, 0.5) is 0 Å². The Balaban J connectivity index is 2.12. The van der Waals surface area contributed by atoms with Crippen LogP contribution >= 0.6 is 0 Å². The van der Waals surface area contributed by atoms with Crippen LogP contribution in [-0.2, 0) is 7.05 Å². The molecule has 0 saturated heterocycles. The zero-order valence-corrected chi connectivity index (χ0v) is 11.2. The maximum atomic E-state index is 12.1. The van der Waals surface area contributed by atoms with Gasteiger partial charge in [0.05, 0.1) is 0 Å². The van der Waals surface area contributed by atoms with E-state index in [0.29, 0.717) is 5.56 Å². The lowest BCUT2D eigenvalue weighted by molar-refractivity contribution is 0.0909. The molecule has 2 rings (SSSR count). The summed E-state index contributed by atoms with van der Waals surface area (Å²) < 4.78 is 1.45. The van der Waals surface area contributed by atoms with Gasteiger partial charge in [0.25, 0.3) is 11.5 Å². The Kier molecular flexibility index (Phi) is 3.28. The minimum Gasteiger partial charge on any atom is -0.349 e. The number of nitrogens with zero attached hydrogens (tertiary/aromatic N) is 1. The first-order chi connectivity index (χ1) is 8.40. The first kappa shape index (κ1) is 12.9. The van der Waals surface area contributed by atoms with Gasteiger partial charge in [0.2, 0.25) is 0 Å². The highest BCUT2D eigenvalue weighted by molar-refractivity contribution is 5.94. The lowest BCUT2D eigenvalue weighted by atomic mass is 9.87. The van der Waals surface area contributed by atoms with E-state index in [9.17, 15) is 9.59 Å². The van der Waals surface area contributed by atoms with Crippen LogP contribution in [0.1, 0.15) is 43.5 Å². The zero-order valence-electron chi connectivity index (χ0n) is 11.2. The molecule has 4 heteroatoms. The molecule has 0 aromatic carbocycles. The van der Waals surface area contributed by atoms with E-state index in [4.69, 9.17) is 0 Å². The van der Waals surface area contributed by atoms with E-state index in [0.717, 1.165) is 19.3 Å². The fourth-order valence-corrected chi connectivity index (χ4v) is 2.53. The summed E-state index contributed by atoms with van der Waals surface area (Å²) in [6, 6.07) is 3.27. The minimum atomic E-state index is -0.159. The summed E-state index contributed by atoms with van der Waals surface area (Å²) in [4.78, 5) is 23.6. The van der Waals surface area contributed by atoms with Gasteiger partial charge in [-0.2, -0.15) is 0 Å². The maximum absolute atomic E-state index is 12.1. The van der Waals surface area contributed by atoms with Crippen molar-refractivity contribution in [2.75, 3.05) is 0 Å². The highest BCUT2D eigenvalue weighted by Gasteiger charge is 2.35. The highest BCUT2D eigenvalue weighted by atomic mass is 16.2. The molecule has 4 nitrogen and oxygen atoms in total. The molecule has 1 aromatic rings.